The number of methoxy groups -OCH3 is 1. The minimum atomic E-state index is -0.180. The second-order valence-electron chi connectivity index (χ2n) is 3.50. The van der Waals surface area contributed by atoms with Gasteiger partial charge < -0.3 is 10.5 Å². The largest absolute Gasteiger partial charge is 0.481 e. The van der Waals surface area contributed by atoms with E-state index in [0.717, 1.165) is 0 Å². The molecule has 1 aliphatic heterocycles. The number of halogens is 1. The molecule has 0 saturated carbocycles. The van der Waals surface area contributed by atoms with Crippen molar-refractivity contribution in [3.8, 4) is 5.88 Å². The standard InChI is InChI=1S/C9H11ClN4O2/c1-16-7-3-6(10)12-9(13-7)14-4-5(11)2-8(14)15/h3,5H,2,4,11H2,1H3. The highest BCUT2D eigenvalue weighted by atomic mass is 35.5. The smallest absolute Gasteiger partial charge is 0.236 e. The summed E-state index contributed by atoms with van der Waals surface area (Å²) in [5.41, 5.74) is 5.68. The first-order chi connectivity index (χ1) is 7.60. The molecule has 1 fully saturated rings. The van der Waals surface area contributed by atoms with E-state index in [0.29, 0.717) is 18.8 Å². The topological polar surface area (TPSA) is 81.3 Å². The lowest BCUT2D eigenvalue weighted by Gasteiger charge is -2.14. The van der Waals surface area contributed by atoms with Crippen LogP contribution in [0.3, 0.4) is 0 Å². The minimum absolute atomic E-state index is 0.100. The third-order valence-electron chi connectivity index (χ3n) is 2.27. The Kier molecular flexibility index (Phi) is 2.93. The molecule has 1 amide bonds. The Bertz CT molecular complexity index is 426. The van der Waals surface area contributed by atoms with Crippen molar-refractivity contribution in [2.45, 2.75) is 12.5 Å². The molecule has 7 heteroatoms. The van der Waals surface area contributed by atoms with Crippen LogP contribution in [0.15, 0.2) is 6.07 Å². The number of anilines is 1. The maximum atomic E-state index is 11.6. The molecule has 0 aromatic carbocycles. The lowest BCUT2D eigenvalue weighted by Crippen LogP contribution is -2.29. The number of hydrogen-bond donors (Lipinski definition) is 1. The molecule has 1 aromatic heterocycles. The Morgan fingerprint density at radius 3 is 2.94 bits per heavy atom. The van der Waals surface area contributed by atoms with E-state index in [4.69, 9.17) is 22.1 Å². The first-order valence-corrected chi connectivity index (χ1v) is 5.12. The second kappa shape index (κ2) is 4.23. The van der Waals surface area contributed by atoms with Gasteiger partial charge in [-0.2, -0.15) is 4.98 Å². The SMILES string of the molecule is COc1cc(Cl)nc(N2CC(N)CC2=O)n1. The zero-order valence-electron chi connectivity index (χ0n) is 8.68. The molecule has 1 atom stereocenters. The molecular formula is C9H11ClN4O2. The van der Waals surface area contributed by atoms with Gasteiger partial charge in [0.05, 0.1) is 7.11 Å². The number of hydrogen-bond acceptors (Lipinski definition) is 5. The van der Waals surface area contributed by atoms with E-state index in [1.54, 1.807) is 0 Å². The van der Waals surface area contributed by atoms with Crippen LogP contribution < -0.4 is 15.4 Å². The van der Waals surface area contributed by atoms with Crippen molar-refractivity contribution in [1.29, 1.82) is 0 Å². The van der Waals surface area contributed by atoms with E-state index in [-0.39, 0.29) is 23.1 Å². The maximum Gasteiger partial charge on any atom is 0.236 e. The van der Waals surface area contributed by atoms with Crippen molar-refractivity contribution in [2.75, 3.05) is 18.6 Å². The number of amides is 1. The summed E-state index contributed by atoms with van der Waals surface area (Å²) in [4.78, 5) is 21.0. The summed E-state index contributed by atoms with van der Waals surface area (Å²) in [6.07, 6.45) is 0.304. The molecule has 86 valence electrons. The lowest BCUT2D eigenvalue weighted by molar-refractivity contribution is -0.117. The Balaban J connectivity index is 2.33. The number of carbonyl (C=O) groups is 1. The highest BCUT2D eigenvalue weighted by Gasteiger charge is 2.30. The van der Waals surface area contributed by atoms with Gasteiger partial charge in [-0.3, -0.25) is 9.69 Å². The summed E-state index contributed by atoms with van der Waals surface area (Å²) < 4.78 is 4.95. The summed E-state index contributed by atoms with van der Waals surface area (Å²) >= 11 is 5.79. The number of rotatable bonds is 2. The Morgan fingerprint density at radius 2 is 2.38 bits per heavy atom. The van der Waals surface area contributed by atoms with Crippen LogP contribution in [0, 0.1) is 0 Å². The molecule has 1 aliphatic rings. The van der Waals surface area contributed by atoms with Gasteiger partial charge in [-0.05, 0) is 0 Å². The fourth-order valence-corrected chi connectivity index (χ4v) is 1.71. The van der Waals surface area contributed by atoms with Crippen LogP contribution in [0.1, 0.15) is 6.42 Å². The molecule has 6 nitrogen and oxygen atoms in total. The monoisotopic (exact) mass is 242 g/mol. The van der Waals surface area contributed by atoms with Crippen molar-refractivity contribution < 1.29 is 9.53 Å². The molecule has 0 aliphatic carbocycles. The zero-order valence-corrected chi connectivity index (χ0v) is 9.44. The number of nitrogens with two attached hydrogens (primary N) is 1. The Labute approximate surface area is 97.4 Å². The quantitative estimate of drug-likeness (QED) is 0.750. The van der Waals surface area contributed by atoms with Gasteiger partial charge in [0, 0.05) is 25.1 Å². The van der Waals surface area contributed by atoms with Crippen LogP contribution in [-0.2, 0) is 4.79 Å². The van der Waals surface area contributed by atoms with E-state index in [2.05, 4.69) is 9.97 Å². The van der Waals surface area contributed by atoms with Crippen molar-refractivity contribution >= 4 is 23.5 Å². The van der Waals surface area contributed by atoms with Gasteiger partial charge in [0.2, 0.25) is 17.7 Å². The first kappa shape index (κ1) is 11.1. The average Bonchev–Trinajstić information content (AvgIpc) is 2.57. The van der Waals surface area contributed by atoms with Crippen LogP contribution in [0.25, 0.3) is 0 Å². The van der Waals surface area contributed by atoms with Gasteiger partial charge in [0.15, 0.2) is 0 Å². The normalized spacial score (nSPS) is 20.3. The van der Waals surface area contributed by atoms with Gasteiger partial charge in [-0.25, -0.2) is 4.98 Å². The third kappa shape index (κ3) is 2.07. The van der Waals surface area contributed by atoms with Crippen molar-refractivity contribution in [1.82, 2.24) is 9.97 Å². The Morgan fingerprint density at radius 1 is 1.62 bits per heavy atom. The fourth-order valence-electron chi connectivity index (χ4n) is 1.54. The summed E-state index contributed by atoms with van der Waals surface area (Å²) in [7, 11) is 1.47. The van der Waals surface area contributed by atoms with Crippen LogP contribution >= 0.6 is 11.6 Å². The highest BCUT2D eigenvalue weighted by molar-refractivity contribution is 6.29. The van der Waals surface area contributed by atoms with Gasteiger partial charge in [-0.1, -0.05) is 11.6 Å². The van der Waals surface area contributed by atoms with Crippen LogP contribution in [0.2, 0.25) is 5.15 Å². The summed E-state index contributed by atoms with van der Waals surface area (Å²) in [5, 5.41) is 0.232. The van der Waals surface area contributed by atoms with Crippen LogP contribution in [0.5, 0.6) is 5.88 Å². The first-order valence-electron chi connectivity index (χ1n) is 4.74. The van der Waals surface area contributed by atoms with Gasteiger partial charge >= 0.3 is 0 Å². The number of carbonyl (C=O) groups excluding carboxylic acids is 1. The molecule has 0 spiro atoms. The van der Waals surface area contributed by atoms with Crippen molar-refractivity contribution in [2.24, 2.45) is 5.73 Å². The Hall–Kier alpha value is -1.40. The van der Waals surface area contributed by atoms with Gasteiger partial charge in [-0.15, -0.1) is 0 Å². The molecule has 0 radical (unpaired) electrons. The zero-order chi connectivity index (χ0) is 11.7. The molecule has 2 rings (SSSR count). The summed E-state index contributed by atoms with van der Waals surface area (Å²) in [5.74, 6) is 0.461. The molecule has 0 bridgehead atoms. The van der Waals surface area contributed by atoms with Crippen molar-refractivity contribution in [3.63, 3.8) is 0 Å². The van der Waals surface area contributed by atoms with E-state index >= 15 is 0 Å². The van der Waals surface area contributed by atoms with E-state index in [1.165, 1.54) is 18.1 Å². The predicted octanol–water partition coefficient (Wildman–Crippen LogP) is 0.203. The molecular weight excluding hydrogens is 232 g/mol. The molecule has 1 aromatic rings. The van der Waals surface area contributed by atoms with Gasteiger partial charge in [0.1, 0.15) is 5.15 Å². The van der Waals surface area contributed by atoms with Gasteiger partial charge in [0.25, 0.3) is 0 Å². The van der Waals surface area contributed by atoms with E-state index < -0.39 is 0 Å². The second-order valence-corrected chi connectivity index (χ2v) is 3.89. The van der Waals surface area contributed by atoms with E-state index in [9.17, 15) is 4.79 Å². The highest BCUT2D eigenvalue weighted by Crippen LogP contribution is 2.22. The number of ether oxygens (including phenoxy) is 1. The lowest BCUT2D eigenvalue weighted by atomic mass is 10.3. The summed E-state index contributed by atoms with van der Waals surface area (Å²) in [6.45, 7) is 0.405. The molecule has 1 saturated heterocycles. The molecule has 2 N–H and O–H groups in total. The summed E-state index contributed by atoms with van der Waals surface area (Å²) in [6, 6.07) is 1.30. The van der Waals surface area contributed by atoms with Crippen molar-refractivity contribution in [3.05, 3.63) is 11.2 Å². The molecule has 1 unspecified atom stereocenters. The number of nitrogens with zero attached hydrogens (tertiary/aromatic N) is 3. The van der Waals surface area contributed by atoms with E-state index in [1.807, 2.05) is 0 Å². The molecule has 16 heavy (non-hydrogen) atoms. The van der Waals surface area contributed by atoms with Crippen LogP contribution in [-0.4, -0.2) is 35.6 Å². The predicted molar refractivity (Wildman–Crippen MR) is 58.5 cm³/mol. The minimum Gasteiger partial charge on any atom is -0.481 e. The van der Waals surface area contributed by atoms with Crippen LogP contribution in [0.4, 0.5) is 5.95 Å². The fraction of sp³-hybridized carbons (Fsp3) is 0.444. The average molecular weight is 243 g/mol. The number of aromatic nitrogens is 2. The maximum absolute atomic E-state index is 11.6. The molecule has 2 heterocycles. The third-order valence-corrected chi connectivity index (χ3v) is 2.46.